The lowest BCUT2D eigenvalue weighted by Crippen LogP contribution is -2.56. The molecule has 1 aliphatic heterocycles. The second-order valence-corrected chi connectivity index (χ2v) is 20.4. The number of anilines is 1. The normalized spacial score (nSPS) is 21.4. The van der Waals surface area contributed by atoms with Gasteiger partial charge in [-0.2, -0.15) is 0 Å². The van der Waals surface area contributed by atoms with Crippen molar-refractivity contribution < 1.29 is 97.3 Å². The lowest BCUT2D eigenvalue weighted by Gasteiger charge is -2.42. The van der Waals surface area contributed by atoms with Crippen LogP contribution in [0.1, 0.15) is 106 Å². The number of fused-ring (bicyclic) bond motifs is 3. The van der Waals surface area contributed by atoms with Gasteiger partial charge in [0, 0.05) is 48.1 Å². The number of ketones is 3. The van der Waals surface area contributed by atoms with Gasteiger partial charge in [0.1, 0.15) is 54.3 Å². The van der Waals surface area contributed by atoms with Crippen molar-refractivity contribution in [1.29, 1.82) is 0 Å². The van der Waals surface area contributed by atoms with Gasteiger partial charge >= 0.3 is 13.9 Å². The Labute approximate surface area is 458 Å². The van der Waals surface area contributed by atoms with Crippen molar-refractivity contribution in [3.8, 4) is 17.2 Å². The summed E-state index contributed by atoms with van der Waals surface area (Å²) in [6.45, 7) is 1.97. The van der Waals surface area contributed by atoms with Crippen LogP contribution in [0.4, 0.5) is 10.5 Å². The third-order valence-corrected chi connectivity index (χ3v) is 13.6. The SMILES string of the molecule is COc1cccc2c1C(=O)c1c(O)c3c(c(O)c1C2=O)C[C@@](O)(C(=O)CO)C[C@@H]3O[C@H]1C[C@H](NC(=O)OCc2ccc(NC(=O)[C@H](CCCCN)NC(=O)[C@H](Cc3ccccc3)NC(=O)[C@@H](C)N)cc2)[C@H](O)[C@H](C)O1.O=P(O)(O)O. The van der Waals surface area contributed by atoms with Crippen LogP contribution in [0.15, 0.2) is 72.8 Å². The Kier molecular flexibility index (Phi) is 20.8. The number of rotatable bonds is 20. The minimum atomic E-state index is -4.64. The number of aliphatic hydroxyl groups excluding tert-OH is 2. The van der Waals surface area contributed by atoms with Crippen molar-refractivity contribution in [3.63, 3.8) is 0 Å². The van der Waals surface area contributed by atoms with Gasteiger partial charge in [-0.15, -0.1) is 0 Å². The van der Waals surface area contributed by atoms with Crippen molar-refractivity contribution in [3.05, 3.63) is 117 Å². The Hall–Kier alpha value is -7.20. The molecule has 0 spiro atoms. The first-order chi connectivity index (χ1) is 37.8. The van der Waals surface area contributed by atoms with E-state index in [0.29, 0.717) is 30.6 Å². The summed E-state index contributed by atoms with van der Waals surface area (Å²) in [5.74, 6) is -5.93. The zero-order valence-electron chi connectivity index (χ0n) is 43.7. The molecule has 4 aromatic carbocycles. The number of amides is 4. The van der Waals surface area contributed by atoms with Crippen LogP contribution in [0.25, 0.3) is 0 Å². The first-order valence-corrected chi connectivity index (χ1v) is 26.8. The molecule has 1 saturated heterocycles. The highest BCUT2D eigenvalue weighted by Gasteiger charge is 2.50. The zero-order chi connectivity index (χ0) is 58.8. The van der Waals surface area contributed by atoms with E-state index < -0.39 is 145 Å². The van der Waals surface area contributed by atoms with E-state index in [1.807, 2.05) is 18.2 Å². The number of phenols is 2. The van der Waals surface area contributed by atoms with Gasteiger partial charge in [-0.1, -0.05) is 54.6 Å². The average Bonchev–Trinajstić information content (AvgIpc) is 3.40. The van der Waals surface area contributed by atoms with Gasteiger partial charge < -0.3 is 91.9 Å². The number of carbonyl (C=O) groups excluding carboxylic acids is 7. The number of unbranched alkanes of at least 4 members (excludes halogenated alkanes) is 1. The molecule has 27 heteroatoms. The summed E-state index contributed by atoms with van der Waals surface area (Å²) in [6, 6.07) is 15.6. The number of ether oxygens (including phenoxy) is 4. The number of nitrogens with two attached hydrogens (primary N) is 2. The monoisotopic (exact) mass is 1140 g/mol. The van der Waals surface area contributed by atoms with Crippen molar-refractivity contribution in [1.82, 2.24) is 16.0 Å². The molecule has 0 radical (unpaired) electrons. The van der Waals surface area contributed by atoms with Crippen LogP contribution in [0.2, 0.25) is 0 Å². The van der Waals surface area contributed by atoms with Crippen LogP contribution in [-0.4, -0.2) is 150 Å². The Balaban J connectivity index is 0.00000197. The molecule has 4 aromatic rings. The van der Waals surface area contributed by atoms with E-state index >= 15 is 0 Å². The number of Topliss-reactive ketones (excluding diaryl/α,β-unsaturated/α-hetero) is 1. The van der Waals surface area contributed by atoms with E-state index in [-0.39, 0.29) is 53.9 Å². The summed E-state index contributed by atoms with van der Waals surface area (Å²) in [4.78, 5) is 116. The fraction of sp³-hybridized carbons (Fsp3) is 0.415. The molecule has 0 bridgehead atoms. The summed E-state index contributed by atoms with van der Waals surface area (Å²) in [6.07, 6.45) is -6.24. The molecule has 1 heterocycles. The topological polar surface area (TPSA) is 435 Å². The van der Waals surface area contributed by atoms with Gasteiger partial charge in [0.15, 0.2) is 17.9 Å². The van der Waals surface area contributed by atoms with E-state index in [1.54, 1.807) is 36.4 Å². The summed E-state index contributed by atoms with van der Waals surface area (Å²) in [5.41, 5.74) is 8.78. The van der Waals surface area contributed by atoms with E-state index in [0.717, 1.165) is 5.56 Å². The van der Waals surface area contributed by atoms with Crippen molar-refractivity contribution in [2.45, 2.75) is 120 Å². The van der Waals surface area contributed by atoms with Gasteiger partial charge in [0.25, 0.3) is 0 Å². The molecule has 26 nitrogen and oxygen atoms in total. The van der Waals surface area contributed by atoms with Gasteiger partial charge in [-0.3, -0.25) is 28.8 Å². The number of hydrogen-bond acceptors (Lipinski definition) is 19. The second kappa shape index (κ2) is 26.8. The lowest BCUT2D eigenvalue weighted by molar-refractivity contribution is -0.249. The minimum Gasteiger partial charge on any atom is -0.507 e. The first kappa shape index (κ1) is 62.0. The number of benzene rings is 4. The fourth-order valence-electron chi connectivity index (χ4n) is 9.51. The van der Waals surface area contributed by atoms with E-state index in [1.165, 1.54) is 39.2 Å². The van der Waals surface area contributed by atoms with E-state index in [2.05, 4.69) is 21.3 Å². The minimum absolute atomic E-state index is 0.0317. The molecule has 16 N–H and O–H groups in total. The molecular formula is C53H65N6O20P. The molecule has 0 aromatic heterocycles. The molecule has 0 unspecified atom stereocenters. The van der Waals surface area contributed by atoms with Crippen LogP contribution >= 0.6 is 7.82 Å². The van der Waals surface area contributed by atoms with E-state index in [9.17, 15) is 59.1 Å². The maximum absolute atomic E-state index is 14.0. The second-order valence-electron chi connectivity index (χ2n) is 19.4. The number of aliphatic hydroxyl groups is 3. The molecular weight excluding hydrogens is 1070 g/mol. The summed E-state index contributed by atoms with van der Waals surface area (Å²) < 4.78 is 31.9. The predicted octanol–water partition coefficient (Wildman–Crippen LogP) is 0.667. The highest BCUT2D eigenvalue weighted by atomic mass is 31.2. The van der Waals surface area contributed by atoms with E-state index in [4.69, 9.17) is 49.7 Å². The number of hydrogen-bond donors (Lipinski definition) is 14. The molecule has 80 heavy (non-hydrogen) atoms. The Morgan fingerprint density at radius 1 is 0.850 bits per heavy atom. The fourth-order valence-corrected chi connectivity index (χ4v) is 9.51. The molecule has 1 fully saturated rings. The van der Waals surface area contributed by atoms with Gasteiger partial charge in [0.05, 0.1) is 48.1 Å². The maximum atomic E-state index is 14.0. The highest BCUT2D eigenvalue weighted by molar-refractivity contribution is 7.45. The van der Waals surface area contributed by atoms with Crippen LogP contribution in [-0.2, 0) is 57.4 Å². The third-order valence-electron chi connectivity index (χ3n) is 13.6. The molecule has 3 aliphatic rings. The van der Waals surface area contributed by atoms with Crippen LogP contribution in [0.5, 0.6) is 17.2 Å². The number of carbonyl (C=O) groups is 7. The predicted molar refractivity (Wildman–Crippen MR) is 281 cm³/mol. The number of phosphoric acid groups is 1. The van der Waals surface area contributed by atoms with Gasteiger partial charge in [-0.05, 0) is 69.0 Å². The number of aromatic hydroxyl groups is 2. The number of phenolic OH excluding ortho intramolecular Hbond substituents is 2. The Morgan fingerprint density at radius 3 is 2.12 bits per heavy atom. The zero-order valence-corrected chi connectivity index (χ0v) is 44.6. The molecule has 7 rings (SSSR count). The molecule has 9 atom stereocenters. The molecule has 4 amide bonds. The quantitative estimate of drug-likeness (QED) is 0.0289. The van der Waals surface area contributed by atoms with Crippen LogP contribution in [0.3, 0.4) is 0 Å². The summed E-state index contributed by atoms with van der Waals surface area (Å²) in [5, 5.41) is 67.0. The van der Waals surface area contributed by atoms with Gasteiger partial charge in [0.2, 0.25) is 23.5 Å². The first-order valence-electron chi connectivity index (χ1n) is 25.2. The Bertz CT molecular complexity index is 2990. The summed E-state index contributed by atoms with van der Waals surface area (Å²) in [7, 11) is -3.35. The van der Waals surface area contributed by atoms with Crippen molar-refractivity contribution in [2.75, 3.05) is 25.6 Å². The smallest absolute Gasteiger partial charge is 0.466 e. The average molecular weight is 1140 g/mol. The standard InChI is InChI=1S/C53H62N6O16.H3O4P/c1-26(55)49(67)58-35(20-28-10-5-4-6-11-28)51(69)57-33(13-7-8-19-54)50(68)56-30-17-15-29(16-18-30)25-73-52(70)59-34-21-39(74-27(2)44(34)62)75-37-23-53(71,38(61)24-60)22-32-41(37)48(66)43-42(46(32)64)45(63)31-12-9-14-36(72-3)40(31)47(43)65;1-5(2,3)4/h4-6,9-12,14-18,26-27,33-35,37,39,44,60,62,64,66,71H,7-8,13,19-25,54-55H2,1-3H3,(H,56,68)(H,57,69)(H,58,67)(H,59,70);(H3,1,2,3,4)/t26-,27+,33+,34+,35+,37+,39+,44-,53+;/m1./s1. The van der Waals surface area contributed by atoms with Crippen molar-refractivity contribution >= 4 is 54.7 Å². The molecule has 0 saturated carbocycles. The van der Waals surface area contributed by atoms with Crippen LogP contribution < -0.4 is 37.5 Å². The third kappa shape index (κ3) is 15.2. The molecule has 432 valence electrons. The lowest BCUT2D eigenvalue weighted by atomic mass is 9.72. The van der Waals surface area contributed by atoms with Crippen molar-refractivity contribution in [2.24, 2.45) is 11.5 Å². The maximum Gasteiger partial charge on any atom is 0.466 e. The number of nitrogens with one attached hydrogen (secondary N) is 4. The Morgan fingerprint density at radius 2 is 1.50 bits per heavy atom. The largest absolute Gasteiger partial charge is 0.507 e. The van der Waals surface area contributed by atoms with Crippen LogP contribution in [0, 0.1) is 0 Å². The van der Waals surface area contributed by atoms with Gasteiger partial charge in [-0.25, -0.2) is 9.36 Å². The highest BCUT2D eigenvalue weighted by Crippen LogP contribution is 2.52. The number of alkyl carbamates (subject to hydrolysis) is 1. The number of methoxy groups -OCH3 is 1. The molecule has 2 aliphatic carbocycles. The summed E-state index contributed by atoms with van der Waals surface area (Å²) >= 11 is 0.